The van der Waals surface area contributed by atoms with Crippen LogP contribution in [0.4, 0.5) is 10.8 Å². The number of rotatable bonds is 5. The lowest BCUT2D eigenvalue weighted by molar-refractivity contribution is 0.303. The molecule has 19 heavy (non-hydrogen) atoms. The zero-order valence-corrected chi connectivity index (χ0v) is 12.5. The highest BCUT2D eigenvalue weighted by Crippen LogP contribution is 2.50. The zero-order valence-electron chi connectivity index (χ0n) is 11.7. The molecule has 3 rings (SSSR count). The van der Waals surface area contributed by atoms with Crippen molar-refractivity contribution in [1.82, 2.24) is 4.37 Å². The number of nitrogens with two attached hydrogens (primary N) is 1. The minimum absolute atomic E-state index is 0.481. The number of ether oxygens (including phenoxy) is 1. The monoisotopic (exact) mass is 281 g/mol. The van der Waals surface area contributed by atoms with E-state index >= 15 is 0 Å². The maximum atomic E-state index is 5.85. The van der Waals surface area contributed by atoms with Crippen LogP contribution in [0, 0.1) is 17.8 Å². The fourth-order valence-corrected chi connectivity index (χ4v) is 4.65. The Bertz CT molecular complexity index is 448. The minimum atomic E-state index is 0.481. The second-order valence-corrected chi connectivity index (χ2v) is 6.70. The summed E-state index contributed by atoms with van der Waals surface area (Å²) in [5.74, 6) is 3.96. The molecule has 4 unspecified atom stereocenters. The molecule has 2 aliphatic rings. The molecule has 4 atom stereocenters. The molecule has 1 aromatic heterocycles. The van der Waals surface area contributed by atoms with Gasteiger partial charge in [0.1, 0.15) is 0 Å². The molecule has 0 aromatic carbocycles. The van der Waals surface area contributed by atoms with Gasteiger partial charge in [0.05, 0.1) is 6.61 Å². The molecule has 1 aromatic rings. The van der Waals surface area contributed by atoms with Gasteiger partial charge in [-0.25, -0.2) is 0 Å². The van der Waals surface area contributed by atoms with Crippen LogP contribution in [-0.2, 0) is 0 Å². The smallest absolute Gasteiger partial charge is 0.197 e. The maximum absolute atomic E-state index is 5.85. The van der Waals surface area contributed by atoms with Crippen molar-refractivity contribution >= 4 is 22.4 Å². The minimum Gasteiger partial charge on any atom is -0.487 e. The summed E-state index contributed by atoms with van der Waals surface area (Å²) in [7, 11) is 0. The van der Waals surface area contributed by atoms with E-state index < -0.39 is 0 Å². The van der Waals surface area contributed by atoms with Gasteiger partial charge in [-0.2, -0.15) is 4.37 Å². The van der Waals surface area contributed by atoms with Crippen molar-refractivity contribution in [2.75, 3.05) is 17.7 Å². The highest BCUT2D eigenvalue weighted by atomic mass is 32.1. The van der Waals surface area contributed by atoms with Crippen molar-refractivity contribution in [2.24, 2.45) is 17.8 Å². The lowest BCUT2D eigenvalue weighted by atomic mass is 9.84. The fourth-order valence-electron chi connectivity index (χ4n) is 3.89. The summed E-state index contributed by atoms with van der Waals surface area (Å²) < 4.78 is 9.79. The highest BCUT2D eigenvalue weighted by molar-refractivity contribution is 7.11. The quantitative estimate of drug-likeness (QED) is 0.869. The first-order valence-corrected chi connectivity index (χ1v) is 8.10. The Balaban J connectivity index is 1.67. The number of nitrogens with one attached hydrogen (secondary N) is 1. The van der Waals surface area contributed by atoms with Gasteiger partial charge in [-0.05, 0) is 62.4 Å². The van der Waals surface area contributed by atoms with Crippen molar-refractivity contribution in [3.8, 4) is 5.75 Å². The molecule has 1 heterocycles. The number of anilines is 2. The van der Waals surface area contributed by atoms with Gasteiger partial charge in [-0.1, -0.05) is 6.42 Å². The Morgan fingerprint density at radius 3 is 2.95 bits per heavy atom. The standard InChI is InChI=1S/C14H23N3OS/c1-3-18-12-13(15)17-19-14(12)16-8(2)11-7-9-4-5-10(11)6-9/h8-11,16H,3-7H2,1-2H3,(H2,15,17). The van der Waals surface area contributed by atoms with Gasteiger partial charge in [0.15, 0.2) is 16.6 Å². The summed E-state index contributed by atoms with van der Waals surface area (Å²) in [6.45, 7) is 4.89. The van der Waals surface area contributed by atoms with E-state index in [0.29, 0.717) is 18.5 Å². The Hall–Kier alpha value is -0.970. The van der Waals surface area contributed by atoms with Crippen LogP contribution >= 0.6 is 11.5 Å². The predicted octanol–water partition coefficient (Wildman–Crippen LogP) is 3.36. The first-order valence-electron chi connectivity index (χ1n) is 7.33. The van der Waals surface area contributed by atoms with Crippen LogP contribution in [0.25, 0.3) is 0 Å². The Morgan fingerprint density at radius 1 is 1.47 bits per heavy atom. The molecular weight excluding hydrogens is 258 g/mol. The SMILES string of the molecule is CCOc1c(N)nsc1NC(C)C1CC2CCC1C2. The van der Waals surface area contributed by atoms with E-state index in [1.165, 1.54) is 37.2 Å². The first kappa shape index (κ1) is 13.0. The molecule has 0 saturated heterocycles. The largest absolute Gasteiger partial charge is 0.487 e. The van der Waals surface area contributed by atoms with Crippen LogP contribution in [0.3, 0.4) is 0 Å². The first-order chi connectivity index (χ1) is 9.19. The molecule has 2 bridgehead atoms. The third kappa shape index (κ3) is 2.40. The van der Waals surface area contributed by atoms with Crippen molar-refractivity contribution < 1.29 is 4.74 Å². The molecule has 5 heteroatoms. The van der Waals surface area contributed by atoms with Crippen molar-refractivity contribution in [3.05, 3.63) is 0 Å². The van der Waals surface area contributed by atoms with Crippen LogP contribution in [0.5, 0.6) is 5.75 Å². The summed E-state index contributed by atoms with van der Waals surface area (Å²) in [6, 6.07) is 0.481. The highest BCUT2D eigenvalue weighted by Gasteiger charge is 2.42. The van der Waals surface area contributed by atoms with E-state index in [1.54, 1.807) is 0 Å². The van der Waals surface area contributed by atoms with Crippen LogP contribution in [0.1, 0.15) is 39.5 Å². The Kier molecular flexibility index (Phi) is 3.56. The molecular formula is C14H23N3OS. The van der Waals surface area contributed by atoms with Crippen LogP contribution in [-0.4, -0.2) is 17.0 Å². The lowest BCUT2D eigenvalue weighted by Crippen LogP contribution is -2.29. The summed E-state index contributed by atoms with van der Waals surface area (Å²) >= 11 is 1.41. The maximum Gasteiger partial charge on any atom is 0.197 e. The zero-order chi connectivity index (χ0) is 13.4. The van der Waals surface area contributed by atoms with Crippen molar-refractivity contribution in [1.29, 1.82) is 0 Å². The van der Waals surface area contributed by atoms with Gasteiger partial charge in [-0.15, -0.1) is 0 Å². The average molecular weight is 281 g/mol. The Morgan fingerprint density at radius 2 is 2.32 bits per heavy atom. The van der Waals surface area contributed by atoms with Crippen molar-refractivity contribution in [3.63, 3.8) is 0 Å². The van der Waals surface area contributed by atoms with E-state index in [4.69, 9.17) is 10.5 Å². The summed E-state index contributed by atoms with van der Waals surface area (Å²) in [6.07, 6.45) is 5.70. The third-order valence-corrected chi connectivity index (χ3v) is 5.53. The molecule has 0 amide bonds. The number of hydrogen-bond acceptors (Lipinski definition) is 5. The van der Waals surface area contributed by atoms with E-state index in [9.17, 15) is 0 Å². The van der Waals surface area contributed by atoms with Crippen LogP contribution in [0.2, 0.25) is 0 Å². The number of hydrogen-bond donors (Lipinski definition) is 2. The number of nitrogens with zero attached hydrogens (tertiary/aromatic N) is 1. The van der Waals surface area contributed by atoms with Gasteiger partial charge < -0.3 is 15.8 Å². The van der Waals surface area contributed by atoms with Crippen molar-refractivity contribution in [2.45, 2.75) is 45.6 Å². The molecule has 2 aliphatic carbocycles. The number of nitrogen functional groups attached to an aromatic ring is 1. The lowest BCUT2D eigenvalue weighted by Gasteiger charge is -2.28. The molecule has 0 spiro atoms. The van der Waals surface area contributed by atoms with Gasteiger partial charge in [0.25, 0.3) is 0 Å². The second kappa shape index (κ2) is 5.19. The topological polar surface area (TPSA) is 60.2 Å². The van der Waals surface area contributed by atoms with E-state index in [0.717, 1.165) is 28.5 Å². The van der Waals surface area contributed by atoms with Gasteiger partial charge in [0, 0.05) is 6.04 Å². The molecule has 2 saturated carbocycles. The van der Waals surface area contributed by atoms with Gasteiger partial charge >= 0.3 is 0 Å². The van der Waals surface area contributed by atoms with E-state index in [1.807, 2.05) is 6.92 Å². The summed E-state index contributed by atoms with van der Waals surface area (Å²) in [4.78, 5) is 0. The van der Waals surface area contributed by atoms with Crippen LogP contribution < -0.4 is 15.8 Å². The fraction of sp³-hybridized carbons (Fsp3) is 0.786. The molecule has 4 nitrogen and oxygen atoms in total. The molecule has 0 aliphatic heterocycles. The third-order valence-electron chi connectivity index (χ3n) is 4.76. The normalized spacial score (nSPS) is 30.5. The van der Waals surface area contributed by atoms with Gasteiger partial charge in [0.2, 0.25) is 0 Å². The Labute approximate surface area is 118 Å². The van der Waals surface area contributed by atoms with Crippen LogP contribution in [0.15, 0.2) is 0 Å². The summed E-state index contributed by atoms with van der Waals surface area (Å²) in [5, 5.41) is 4.59. The van der Waals surface area contributed by atoms with E-state index in [2.05, 4.69) is 16.6 Å². The second-order valence-electron chi connectivity index (χ2n) is 5.93. The predicted molar refractivity (Wildman–Crippen MR) is 79.7 cm³/mol. The number of aromatic nitrogens is 1. The number of fused-ring (bicyclic) bond motifs is 2. The molecule has 3 N–H and O–H groups in total. The molecule has 0 radical (unpaired) electrons. The average Bonchev–Trinajstić information content (AvgIpc) is 3.09. The van der Waals surface area contributed by atoms with Gasteiger partial charge in [-0.3, -0.25) is 0 Å². The molecule has 106 valence electrons. The molecule has 2 fully saturated rings. The van der Waals surface area contributed by atoms with E-state index in [-0.39, 0.29) is 0 Å². The summed E-state index contributed by atoms with van der Waals surface area (Å²) in [5.41, 5.74) is 5.85.